The van der Waals surface area contributed by atoms with Crippen molar-refractivity contribution in [1.82, 2.24) is 10.2 Å². The van der Waals surface area contributed by atoms with Gasteiger partial charge in [0.2, 0.25) is 0 Å². The maximum absolute atomic E-state index is 3.83. The summed E-state index contributed by atoms with van der Waals surface area (Å²) in [6, 6.07) is 0.631. The van der Waals surface area contributed by atoms with Gasteiger partial charge in [0.15, 0.2) is 0 Å². The molecule has 1 N–H and O–H groups in total. The maximum Gasteiger partial charge on any atom is 0.0328 e. The quantitative estimate of drug-likeness (QED) is 0.753. The summed E-state index contributed by atoms with van der Waals surface area (Å²) in [5.74, 6) is 1.81. The first-order valence-electron chi connectivity index (χ1n) is 8.40. The minimum Gasteiger partial charge on any atom is -0.312 e. The molecule has 1 rings (SSSR count). The molecule has 4 unspecified atom stereocenters. The second-order valence-electron chi connectivity index (χ2n) is 6.84. The molecule has 114 valence electrons. The molecule has 0 heterocycles. The van der Waals surface area contributed by atoms with Crippen LogP contribution in [0.25, 0.3) is 0 Å². The first-order chi connectivity index (χ1) is 8.99. The SMILES string of the molecule is CCNC(C1CCCC(CC)C1)C(C)(CC)N(C)C. The van der Waals surface area contributed by atoms with Gasteiger partial charge in [-0.05, 0) is 58.7 Å². The van der Waals surface area contributed by atoms with Gasteiger partial charge in [0.25, 0.3) is 0 Å². The van der Waals surface area contributed by atoms with Crippen LogP contribution in [-0.4, -0.2) is 37.1 Å². The number of nitrogens with one attached hydrogen (secondary N) is 1. The Kier molecular flexibility index (Phi) is 6.82. The molecule has 4 atom stereocenters. The molecule has 0 aromatic heterocycles. The van der Waals surface area contributed by atoms with Crippen molar-refractivity contribution in [2.45, 2.75) is 77.8 Å². The van der Waals surface area contributed by atoms with Crippen molar-refractivity contribution < 1.29 is 0 Å². The van der Waals surface area contributed by atoms with Crippen LogP contribution in [0.3, 0.4) is 0 Å². The van der Waals surface area contributed by atoms with Crippen LogP contribution in [0.4, 0.5) is 0 Å². The Bertz CT molecular complexity index is 252. The Hall–Kier alpha value is -0.0800. The minimum absolute atomic E-state index is 0.274. The number of rotatable bonds is 7. The van der Waals surface area contributed by atoms with Gasteiger partial charge in [0, 0.05) is 11.6 Å². The predicted octanol–water partition coefficient (Wildman–Crippen LogP) is 3.91. The molecule has 0 bridgehead atoms. The molecule has 2 nitrogen and oxygen atoms in total. The monoisotopic (exact) mass is 268 g/mol. The molecule has 19 heavy (non-hydrogen) atoms. The molecular weight excluding hydrogens is 232 g/mol. The molecule has 1 aliphatic carbocycles. The molecule has 2 heteroatoms. The van der Waals surface area contributed by atoms with E-state index < -0.39 is 0 Å². The zero-order valence-electron chi connectivity index (χ0n) is 14.1. The van der Waals surface area contributed by atoms with Crippen LogP contribution in [0.1, 0.15) is 66.2 Å². The highest BCUT2D eigenvalue weighted by atomic mass is 15.2. The zero-order valence-corrected chi connectivity index (χ0v) is 14.1. The second-order valence-corrected chi connectivity index (χ2v) is 6.84. The van der Waals surface area contributed by atoms with E-state index in [-0.39, 0.29) is 5.54 Å². The van der Waals surface area contributed by atoms with Gasteiger partial charge < -0.3 is 10.2 Å². The van der Waals surface area contributed by atoms with E-state index in [2.05, 4.69) is 52.0 Å². The smallest absolute Gasteiger partial charge is 0.0328 e. The standard InChI is InChI=1S/C17H36N2/c1-7-14-11-10-12-15(13-14)16(18-9-3)17(4,8-2)19(5)6/h14-16,18H,7-13H2,1-6H3. The van der Waals surface area contributed by atoms with E-state index in [1.165, 1.54) is 38.5 Å². The fourth-order valence-corrected chi connectivity index (χ4v) is 3.93. The number of hydrogen-bond donors (Lipinski definition) is 1. The molecule has 1 fully saturated rings. The van der Waals surface area contributed by atoms with Crippen molar-refractivity contribution in [2.24, 2.45) is 11.8 Å². The fourth-order valence-electron chi connectivity index (χ4n) is 3.93. The van der Waals surface area contributed by atoms with Crippen LogP contribution in [0.15, 0.2) is 0 Å². The largest absolute Gasteiger partial charge is 0.312 e. The van der Waals surface area contributed by atoms with Crippen LogP contribution in [-0.2, 0) is 0 Å². The Morgan fingerprint density at radius 2 is 1.89 bits per heavy atom. The van der Waals surface area contributed by atoms with Crippen molar-refractivity contribution in [2.75, 3.05) is 20.6 Å². The molecule has 0 aromatic carbocycles. The summed E-state index contributed by atoms with van der Waals surface area (Å²) in [4.78, 5) is 2.44. The van der Waals surface area contributed by atoms with E-state index in [1.807, 2.05) is 0 Å². The summed E-state index contributed by atoms with van der Waals surface area (Å²) in [5.41, 5.74) is 0.274. The maximum atomic E-state index is 3.83. The van der Waals surface area contributed by atoms with Crippen molar-refractivity contribution >= 4 is 0 Å². The van der Waals surface area contributed by atoms with E-state index >= 15 is 0 Å². The van der Waals surface area contributed by atoms with E-state index in [4.69, 9.17) is 0 Å². The normalized spacial score (nSPS) is 29.2. The summed E-state index contributed by atoms with van der Waals surface area (Å²) in [5, 5.41) is 3.83. The minimum atomic E-state index is 0.274. The van der Waals surface area contributed by atoms with Gasteiger partial charge >= 0.3 is 0 Å². The molecular formula is C17H36N2. The van der Waals surface area contributed by atoms with Gasteiger partial charge in [0.1, 0.15) is 0 Å². The lowest BCUT2D eigenvalue weighted by molar-refractivity contribution is 0.0590. The molecule has 0 saturated heterocycles. The molecule has 0 aromatic rings. The third-order valence-electron chi connectivity index (χ3n) is 5.70. The molecule has 0 radical (unpaired) electrons. The summed E-state index contributed by atoms with van der Waals surface area (Å²) in [7, 11) is 4.49. The highest BCUT2D eigenvalue weighted by Gasteiger charge is 2.40. The zero-order chi connectivity index (χ0) is 14.5. The molecule has 0 aliphatic heterocycles. The molecule has 0 amide bonds. The first kappa shape index (κ1) is 17.0. The highest BCUT2D eigenvalue weighted by molar-refractivity contribution is 4.99. The average Bonchev–Trinajstić information content (AvgIpc) is 2.43. The van der Waals surface area contributed by atoms with Gasteiger partial charge in [-0.3, -0.25) is 0 Å². The Labute approximate surface area is 121 Å². The highest BCUT2D eigenvalue weighted by Crippen LogP contribution is 2.38. The lowest BCUT2D eigenvalue weighted by Gasteiger charge is -2.48. The van der Waals surface area contributed by atoms with Gasteiger partial charge in [-0.2, -0.15) is 0 Å². The van der Waals surface area contributed by atoms with E-state index in [0.29, 0.717) is 6.04 Å². The van der Waals surface area contributed by atoms with Crippen molar-refractivity contribution in [3.8, 4) is 0 Å². The third-order valence-corrected chi connectivity index (χ3v) is 5.70. The predicted molar refractivity (Wildman–Crippen MR) is 85.6 cm³/mol. The lowest BCUT2D eigenvalue weighted by atomic mass is 9.70. The van der Waals surface area contributed by atoms with Crippen molar-refractivity contribution in [1.29, 1.82) is 0 Å². The van der Waals surface area contributed by atoms with Crippen LogP contribution in [0.2, 0.25) is 0 Å². The molecule has 1 saturated carbocycles. The van der Waals surface area contributed by atoms with Crippen LogP contribution < -0.4 is 5.32 Å². The average molecular weight is 268 g/mol. The summed E-state index contributed by atoms with van der Waals surface area (Å²) < 4.78 is 0. The summed E-state index contributed by atoms with van der Waals surface area (Å²) >= 11 is 0. The first-order valence-corrected chi connectivity index (χ1v) is 8.40. The second kappa shape index (κ2) is 7.64. The van der Waals surface area contributed by atoms with E-state index in [9.17, 15) is 0 Å². The third kappa shape index (κ3) is 3.95. The number of hydrogen-bond acceptors (Lipinski definition) is 2. The van der Waals surface area contributed by atoms with E-state index in [0.717, 1.165) is 18.4 Å². The lowest BCUT2D eigenvalue weighted by Crippen LogP contribution is -2.60. The summed E-state index contributed by atoms with van der Waals surface area (Å²) in [6.45, 7) is 10.5. The van der Waals surface area contributed by atoms with Gasteiger partial charge in [-0.25, -0.2) is 0 Å². The molecule has 0 spiro atoms. The van der Waals surface area contributed by atoms with Gasteiger partial charge in [-0.15, -0.1) is 0 Å². The Balaban J connectivity index is 2.86. The van der Waals surface area contributed by atoms with Crippen LogP contribution in [0.5, 0.6) is 0 Å². The number of likely N-dealkylation sites (N-methyl/N-ethyl adjacent to an activating group) is 2. The Morgan fingerprint density at radius 1 is 1.21 bits per heavy atom. The topological polar surface area (TPSA) is 15.3 Å². The van der Waals surface area contributed by atoms with Crippen LogP contribution >= 0.6 is 0 Å². The van der Waals surface area contributed by atoms with Crippen molar-refractivity contribution in [3.05, 3.63) is 0 Å². The van der Waals surface area contributed by atoms with Gasteiger partial charge in [0.05, 0.1) is 0 Å². The van der Waals surface area contributed by atoms with Crippen molar-refractivity contribution in [3.63, 3.8) is 0 Å². The summed E-state index contributed by atoms with van der Waals surface area (Å²) in [6.07, 6.45) is 8.30. The van der Waals surface area contributed by atoms with Crippen LogP contribution in [0, 0.1) is 11.8 Å². The Morgan fingerprint density at radius 3 is 2.37 bits per heavy atom. The van der Waals surface area contributed by atoms with Gasteiger partial charge in [-0.1, -0.05) is 40.0 Å². The molecule has 1 aliphatic rings. The fraction of sp³-hybridized carbons (Fsp3) is 1.00. The number of nitrogens with zero attached hydrogens (tertiary/aromatic N) is 1. The van der Waals surface area contributed by atoms with E-state index in [1.54, 1.807) is 0 Å².